The first-order valence-electron chi connectivity index (χ1n) is 8.77. The van der Waals surface area contributed by atoms with E-state index in [1.165, 1.54) is 6.33 Å². The molecule has 6 nitrogen and oxygen atoms in total. The van der Waals surface area contributed by atoms with Crippen molar-refractivity contribution in [1.29, 1.82) is 0 Å². The molecule has 1 aromatic carbocycles. The van der Waals surface area contributed by atoms with Crippen molar-refractivity contribution in [3.05, 3.63) is 53.3 Å². The topological polar surface area (TPSA) is 69.4 Å². The molecule has 1 aliphatic rings. The van der Waals surface area contributed by atoms with Gasteiger partial charge in [-0.15, -0.1) is 0 Å². The zero-order valence-corrected chi connectivity index (χ0v) is 15.8. The van der Waals surface area contributed by atoms with Crippen LogP contribution in [0.2, 0.25) is 5.02 Å². The van der Waals surface area contributed by atoms with Crippen LogP contribution in [0.4, 0.5) is 0 Å². The number of aliphatic hydroxyl groups is 1. The van der Waals surface area contributed by atoms with E-state index in [0.29, 0.717) is 30.4 Å². The van der Waals surface area contributed by atoms with Gasteiger partial charge < -0.3 is 14.6 Å². The van der Waals surface area contributed by atoms with Crippen LogP contribution >= 0.6 is 11.6 Å². The molecule has 3 rings (SSSR count). The van der Waals surface area contributed by atoms with Gasteiger partial charge in [-0.2, -0.15) is 5.10 Å². The molecule has 1 saturated heterocycles. The second kappa shape index (κ2) is 8.20. The van der Waals surface area contributed by atoms with Gasteiger partial charge in [-0.05, 0) is 31.0 Å². The SMILES string of the molecule is CCCC1OCC(C)(C(O)=C(Cc2ccc(Cl)cc2)n2cncn2)CO1. The predicted octanol–water partition coefficient (Wildman–Crippen LogP) is 4.08. The Labute approximate surface area is 158 Å². The van der Waals surface area contributed by atoms with E-state index in [-0.39, 0.29) is 12.0 Å². The van der Waals surface area contributed by atoms with Gasteiger partial charge >= 0.3 is 0 Å². The third-order valence-electron chi connectivity index (χ3n) is 4.53. The van der Waals surface area contributed by atoms with E-state index in [2.05, 4.69) is 17.0 Å². The van der Waals surface area contributed by atoms with Crippen molar-refractivity contribution in [3.8, 4) is 0 Å². The Morgan fingerprint density at radius 3 is 2.58 bits per heavy atom. The van der Waals surface area contributed by atoms with Gasteiger partial charge in [0.1, 0.15) is 18.4 Å². The number of hydrogen-bond acceptors (Lipinski definition) is 5. The van der Waals surface area contributed by atoms with Crippen LogP contribution in [0.25, 0.3) is 5.70 Å². The molecule has 0 aliphatic carbocycles. The molecule has 1 aliphatic heterocycles. The standard InChI is InChI=1S/C19H24ClN3O3/c1-3-4-17-25-10-19(2,11-26-17)18(24)16(23-13-21-12-22-23)9-14-5-7-15(20)8-6-14/h5-8,12-13,17,24H,3-4,9-11H2,1-2H3. The summed E-state index contributed by atoms with van der Waals surface area (Å²) in [5, 5.41) is 16.0. The van der Waals surface area contributed by atoms with Crippen molar-refractivity contribution in [2.45, 2.75) is 39.4 Å². The predicted molar refractivity (Wildman–Crippen MR) is 99.7 cm³/mol. The zero-order valence-electron chi connectivity index (χ0n) is 15.1. The van der Waals surface area contributed by atoms with E-state index in [1.807, 2.05) is 31.2 Å². The Bertz CT molecular complexity index is 736. The largest absolute Gasteiger partial charge is 0.510 e. The smallest absolute Gasteiger partial charge is 0.157 e. The first-order valence-corrected chi connectivity index (χ1v) is 9.15. The van der Waals surface area contributed by atoms with Gasteiger partial charge in [0, 0.05) is 11.4 Å². The summed E-state index contributed by atoms with van der Waals surface area (Å²) in [5.41, 5.74) is 1.02. The number of hydrogen-bond donors (Lipinski definition) is 1. The lowest BCUT2D eigenvalue weighted by molar-refractivity contribution is -0.224. The van der Waals surface area contributed by atoms with Crippen LogP contribution < -0.4 is 0 Å². The van der Waals surface area contributed by atoms with Crippen LogP contribution in [0.15, 0.2) is 42.7 Å². The molecular formula is C19H24ClN3O3. The minimum Gasteiger partial charge on any atom is -0.510 e. The number of halogens is 1. The van der Waals surface area contributed by atoms with E-state index in [9.17, 15) is 5.11 Å². The Balaban J connectivity index is 1.88. The molecule has 0 radical (unpaired) electrons. The number of ether oxygens (including phenoxy) is 2. The van der Waals surface area contributed by atoms with Gasteiger partial charge in [0.25, 0.3) is 0 Å². The average molecular weight is 378 g/mol. The van der Waals surface area contributed by atoms with Crippen molar-refractivity contribution in [2.75, 3.05) is 13.2 Å². The van der Waals surface area contributed by atoms with Gasteiger partial charge in [0.15, 0.2) is 6.29 Å². The Morgan fingerprint density at radius 1 is 1.31 bits per heavy atom. The maximum atomic E-state index is 11.1. The van der Waals surface area contributed by atoms with E-state index < -0.39 is 5.41 Å². The fourth-order valence-electron chi connectivity index (χ4n) is 2.95. The molecule has 0 atom stereocenters. The lowest BCUT2D eigenvalue weighted by Gasteiger charge is -2.37. The van der Waals surface area contributed by atoms with E-state index in [0.717, 1.165) is 18.4 Å². The molecule has 1 N–H and O–H groups in total. The number of benzene rings is 1. The highest BCUT2D eigenvalue weighted by molar-refractivity contribution is 6.30. The first kappa shape index (κ1) is 18.9. The van der Waals surface area contributed by atoms with Gasteiger partial charge in [0.05, 0.1) is 24.3 Å². The maximum Gasteiger partial charge on any atom is 0.157 e. The summed E-state index contributed by atoms with van der Waals surface area (Å²) in [7, 11) is 0. The van der Waals surface area contributed by atoms with Crippen LogP contribution in [-0.2, 0) is 15.9 Å². The molecular weight excluding hydrogens is 354 g/mol. The number of aromatic nitrogens is 3. The molecule has 0 spiro atoms. The molecule has 0 saturated carbocycles. The highest BCUT2D eigenvalue weighted by Gasteiger charge is 2.38. The first-order chi connectivity index (χ1) is 12.5. The summed E-state index contributed by atoms with van der Waals surface area (Å²) in [4.78, 5) is 4.01. The molecule has 2 aromatic rings. The van der Waals surface area contributed by atoms with E-state index in [4.69, 9.17) is 21.1 Å². The fourth-order valence-corrected chi connectivity index (χ4v) is 3.07. The van der Waals surface area contributed by atoms with Crippen molar-refractivity contribution in [1.82, 2.24) is 14.8 Å². The monoisotopic (exact) mass is 377 g/mol. The summed E-state index contributed by atoms with van der Waals surface area (Å²) in [6.07, 6.45) is 5.15. The van der Waals surface area contributed by atoms with Crippen molar-refractivity contribution >= 4 is 17.3 Å². The Kier molecular flexibility index (Phi) is 5.96. The molecule has 7 heteroatoms. The second-order valence-electron chi connectivity index (χ2n) is 6.84. The highest BCUT2D eigenvalue weighted by atomic mass is 35.5. The lowest BCUT2D eigenvalue weighted by Crippen LogP contribution is -2.41. The molecule has 0 unspecified atom stereocenters. The molecule has 140 valence electrons. The number of rotatable bonds is 6. The van der Waals surface area contributed by atoms with E-state index >= 15 is 0 Å². The second-order valence-corrected chi connectivity index (χ2v) is 7.28. The molecule has 26 heavy (non-hydrogen) atoms. The zero-order chi connectivity index (χ0) is 18.6. The van der Waals surface area contributed by atoms with Crippen LogP contribution in [-0.4, -0.2) is 39.4 Å². The summed E-state index contributed by atoms with van der Waals surface area (Å²) in [6, 6.07) is 7.52. The van der Waals surface area contributed by atoms with Crippen LogP contribution in [0, 0.1) is 5.41 Å². The summed E-state index contributed by atoms with van der Waals surface area (Å²) in [5.74, 6) is 0.202. The molecule has 1 fully saturated rings. The summed E-state index contributed by atoms with van der Waals surface area (Å²) in [6.45, 7) is 4.81. The highest BCUT2D eigenvalue weighted by Crippen LogP contribution is 2.35. The van der Waals surface area contributed by atoms with Crippen LogP contribution in [0.1, 0.15) is 32.3 Å². The van der Waals surface area contributed by atoms with Gasteiger partial charge in [-0.1, -0.05) is 37.1 Å². The minimum atomic E-state index is -0.641. The Morgan fingerprint density at radius 2 is 2.00 bits per heavy atom. The number of allylic oxidation sites excluding steroid dienone is 1. The van der Waals surface area contributed by atoms with Gasteiger partial charge in [0.2, 0.25) is 0 Å². The maximum absolute atomic E-state index is 11.1. The quantitative estimate of drug-likeness (QED) is 0.768. The third-order valence-corrected chi connectivity index (χ3v) is 4.78. The van der Waals surface area contributed by atoms with Gasteiger partial charge in [-0.3, -0.25) is 0 Å². The van der Waals surface area contributed by atoms with Crippen LogP contribution in [0.5, 0.6) is 0 Å². The van der Waals surface area contributed by atoms with Crippen molar-refractivity contribution in [2.24, 2.45) is 5.41 Å². The molecule has 0 amide bonds. The third kappa shape index (κ3) is 4.26. The van der Waals surface area contributed by atoms with E-state index in [1.54, 1.807) is 11.0 Å². The number of aliphatic hydroxyl groups excluding tert-OH is 1. The summed E-state index contributed by atoms with van der Waals surface area (Å²) < 4.78 is 13.2. The molecule has 1 aromatic heterocycles. The van der Waals surface area contributed by atoms with Crippen molar-refractivity contribution in [3.63, 3.8) is 0 Å². The average Bonchev–Trinajstić information content (AvgIpc) is 3.17. The minimum absolute atomic E-state index is 0.202. The van der Waals surface area contributed by atoms with Crippen LogP contribution in [0.3, 0.4) is 0 Å². The Hall–Kier alpha value is -1.89. The fraction of sp³-hybridized carbons (Fsp3) is 0.474. The number of nitrogens with zero attached hydrogens (tertiary/aromatic N) is 3. The van der Waals surface area contributed by atoms with Crippen molar-refractivity contribution < 1.29 is 14.6 Å². The molecule has 0 bridgehead atoms. The van der Waals surface area contributed by atoms with Gasteiger partial charge in [-0.25, -0.2) is 9.67 Å². The normalized spacial score (nSPS) is 24.3. The molecule has 2 heterocycles. The lowest BCUT2D eigenvalue weighted by atomic mass is 9.87. The summed E-state index contributed by atoms with van der Waals surface area (Å²) >= 11 is 5.97.